The SMILES string of the molecule is CS[C@H]1CCC[C@H]1N(C)C(=O)c1ccc(-c2n[nH]c(C)n2)cc1. The molecule has 1 amide bonds. The van der Waals surface area contributed by atoms with Crippen molar-refractivity contribution in [3.8, 4) is 11.4 Å². The first-order chi connectivity index (χ1) is 11.1. The lowest BCUT2D eigenvalue weighted by Gasteiger charge is -2.29. The number of nitrogens with one attached hydrogen (secondary N) is 1. The molecule has 0 aliphatic heterocycles. The van der Waals surface area contributed by atoms with Crippen LogP contribution in [-0.4, -0.2) is 50.6 Å². The highest BCUT2D eigenvalue weighted by atomic mass is 32.2. The Balaban J connectivity index is 1.75. The number of nitrogens with zero attached hydrogens (tertiary/aromatic N) is 3. The topological polar surface area (TPSA) is 61.9 Å². The summed E-state index contributed by atoms with van der Waals surface area (Å²) in [5.74, 6) is 1.53. The molecule has 1 aliphatic rings. The number of H-pyrrole nitrogens is 1. The number of aromatic amines is 1. The second kappa shape index (κ2) is 6.74. The number of aryl methyl sites for hydroxylation is 1. The number of aromatic nitrogens is 3. The molecule has 3 rings (SSSR count). The van der Waals surface area contributed by atoms with Crippen LogP contribution in [-0.2, 0) is 0 Å². The summed E-state index contributed by atoms with van der Waals surface area (Å²) in [6.45, 7) is 1.87. The van der Waals surface area contributed by atoms with Gasteiger partial charge in [-0.05, 0) is 38.2 Å². The zero-order chi connectivity index (χ0) is 16.4. The summed E-state index contributed by atoms with van der Waals surface area (Å²) < 4.78 is 0. The molecule has 0 bridgehead atoms. The van der Waals surface area contributed by atoms with Gasteiger partial charge in [-0.3, -0.25) is 9.89 Å². The van der Waals surface area contributed by atoms with Gasteiger partial charge in [-0.25, -0.2) is 4.98 Å². The van der Waals surface area contributed by atoms with E-state index >= 15 is 0 Å². The number of thioether (sulfide) groups is 1. The molecule has 23 heavy (non-hydrogen) atoms. The van der Waals surface area contributed by atoms with E-state index in [2.05, 4.69) is 21.4 Å². The molecule has 1 aromatic carbocycles. The molecular weight excluding hydrogens is 308 g/mol. The average Bonchev–Trinajstić information content (AvgIpc) is 3.22. The highest BCUT2D eigenvalue weighted by Gasteiger charge is 2.32. The first-order valence-corrected chi connectivity index (χ1v) is 9.18. The van der Waals surface area contributed by atoms with Crippen molar-refractivity contribution in [2.45, 2.75) is 37.5 Å². The molecule has 1 aromatic heterocycles. The number of hydrogen-bond donors (Lipinski definition) is 1. The predicted molar refractivity (Wildman–Crippen MR) is 93.6 cm³/mol. The number of carbonyl (C=O) groups is 1. The lowest BCUT2D eigenvalue weighted by atomic mass is 10.1. The second-order valence-corrected chi connectivity index (χ2v) is 7.09. The lowest BCUT2D eigenvalue weighted by molar-refractivity contribution is 0.0738. The Morgan fingerprint density at radius 2 is 2.04 bits per heavy atom. The molecule has 6 heteroatoms. The van der Waals surface area contributed by atoms with E-state index in [1.807, 2.05) is 54.9 Å². The van der Waals surface area contributed by atoms with Crippen LogP contribution in [0.1, 0.15) is 35.4 Å². The molecule has 1 heterocycles. The standard InChI is InChI=1S/C17H22N4OS/c1-11-18-16(20-19-11)12-7-9-13(10-8-12)17(22)21(2)14-5-4-6-15(14)23-3/h7-10,14-15H,4-6H2,1-3H3,(H,18,19,20)/t14-,15+/m1/s1. The van der Waals surface area contributed by atoms with Gasteiger partial charge in [0.1, 0.15) is 5.82 Å². The first-order valence-electron chi connectivity index (χ1n) is 7.89. The lowest BCUT2D eigenvalue weighted by Crippen LogP contribution is -2.40. The fraction of sp³-hybridized carbons (Fsp3) is 0.471. The quantitative estimate of drug-likeness (QED) is 0.935. The van der Waals surface area contributed by atoms with Crippen molar-refractivity contribution < 1.29 is 4.79 Å². The third-order valence-corrected chi connectivity index (χ3v) is 5.68. The fourth-order valence-corrected chi connectivity index (χ4v) is 4.25. The van der Waals surface area contributed by atoms with E-state index in [4.69, 9.17) is 0 Å². The molecule has 5 nitrogen and oxygen atoms in total. The first kappa shape index (κ1) is 16.1. The van der Waals surface area contributed by atoms with Crippen LogP contribution in [0.3, 0.4) is 0 Å². The smallest absolute Gasteiger partial charge is 0.253 e. The van der Waals surface area contributed by atoms with E-state index in [1.54, 1.807) is 0 Å². The van der Waals surface area contributed by atoms with Gasteiger partial charge in [0.15, 0.2) is 5.82 Å². The molecule has 1 N–H and O–H groups in total. The summed E-state index contributed by atoms with van der Waals surface area (Å²) in [6.07, 6.45) is 5.64. The number of hydrogen-bond acceptors (Lipinski definition) is 4. The Morgan fingerprint density at radius 1 is 1.30 bits per heavy atom. The molecule has 122 valence electrons. The van der Waals surface area contributed by atoms with Crippen LogP contribution < -0.4 is 0 Å². The Labute approximate surface area is 140 Å². The average molecular weight is 330 g/mol. The van der Waals surface area contributed by atoms with E-state index in [0.717, 1.165) is 23.4 Å². The Bertz CT molecular complexity index is 682. The number of benzene rings is 1. The summed E-state index contributed by atoms with van der Waals surface area (Å²) in [5, 5.41) is 7.53. The van der Waals surface area contributed by atoms with Crippen molar-refractivity contribution in [1.29, 1.82) is 0 Å². The normalized spacial score (nSPS) is 20.7. The minimum Gasteiger partial charge on any atom is -0.338 e. The van der Waals surface area contributed by atoms with Crippen molar-refractivity contribution >= 4 is 17.7 Å². The van der Waals surface area contributed by atoms with Crippen molar-refractivity contribution in [3.63, 3.8) is 0 Å². The predicted octanol–water partition coefficient (Wildman–Crippen LogP) is 3.14. The Hall–Kier alpha value is -1.82. The van der Waals surface area contributed by atoms with E-state index in [0.29, 0.717) is 17.1 Å². The van der Waals surface area contributed by atoms with Gasteiger partial charge in [0.2, 0.25) is 0 Å². The maximum atomic E-state index is 12.7. The van der Waals surface area contributed by atoms with Crippen LogP contribution in [0.15, 0.2) is 24.3 Å². The van der Waals surface area contributed by atoms with Gasteiger partial charge in [0, 0.05) is 29.5 Å². The van der Waals surface area contributed by atoms with E-state index in [9.17, 15) is 4.79 Å². The molecule has 0 radical (unpaired) electrons. The van der Waals surface area contributed by atoms with Crippen LogP contribution in [0.25, 0.3) is 11.4 Å². The Kier molecular flexibility index (Phi) is 4.71. The molecule has 1 fully saturated rings. The summed E-state index contributed by atoms with van der Waals surface area (Å²) in [7, 11) is 1.92. The van der Waals surface area contributed by atoms with E-state index in [-0.39, 0.29) is 5.91 Å². The molecule has 0 saturated heterocycles. The van der Waals surface area contributed by atoms with Gasteiger partial charge in [-0.15, -0.1) is 0 Å². The maximum Gasteiger partial charge on any atom is 0.253 e. The third kappa shape index (κ3) is 3.27. The van der Waals surface area contributed by atoms with Crippen LogP contribution >= 0.6 is 11.8 Å². The molecule has 0 spiro atoms. The van der Waals surface area contributed by atoms with Crippen LogP contribution in [0.5, 0.6) is 0 Å². The van der Waals surface area contributed by atoms with Gasteiger partial charge in [0.05, 0.1) is 0 Å². The zero-order valence-corrected chi connectivity index (χ0v) is 14.6. The summed E-state index contributed by atoms with van der Waals surface area (Å²) in [4.78, 5) is 19.0. The van der Waals surface area contributed by atoms with Gasteiger partial charge in [0.25, 0.3) is 5.91 Å². The number of carbonyl (C=O) groups excluding carboxylic acids is 1. The van der Waals surface area contributed by atoms with Crippen molar-refractivity contribution in [2.75, 3.05) is 13.3 Å². The third-order valence-electron chi connectivity index (χ3n) is 4.53. The molecule has 0 unspecified atom stereocenters. The minimum atomic E-state index is 0.0914. The molecule has 2 aromatic rings. The van der Waals surface area contributed by atoms with E-state index < -0.39 is 0 Å². The summed E-state index contributed by atoms with van der Waals surface area (Å²) in [6, 6.07) is 7.88. The number of rotatable bonds is 4. The van der Waals surface area contributed by atoms with Crippen LogP contribution in [0.2, 0.25) is 0 Å². The van der Waals surface area contributed by atoms with Gasteiger partial charge < -0.3 is 4.90 Å². The van der Waals surface area contributed by atoms with Gasteiger partial charge in [-0.2, -0.15) is 16.9 Å². The Morgan fingerprint density at radius 3 is 2.65 bits per heavy atom. The van der Waals surface area contributed by atoms with Crippen molar-refractivity contribution in [2.24, 2.45) is 0 Å². The van der Waals surface area contributed by atoms with Gasteiger partial charge >= 0.3 is 0 Å². The minimum absolute atomic E-state index is 0.0914. The van der Waals surface area contributed by atoms with Crippen molar-refractivity contribution in [3.05, 3.63) is 35.7 Å². The largest absolute Gasteiger partial charge is 0.338 e. The fourth-order valence-electron chi connectivity index (χ4n) is 3.21. The van der Waals surface area contributed by atoms with Crippen LogP contribution in [0.4, 0.5) is 0 Å². The zero-order valence-electron chi connectivity index (χ0n) is 13.7. The van der Waals surface area contributed by atoms with Crippen LogP contribution in [0, 0.1) is 6.92 Å². The second-order valence-electron chi connectivity index (χ2n) is 6.01. The molecule has 1 saturated carbocycles. The highest BCUT2D eigenvalue weighted by molar-refractivity contribution is 7.99. The monoisotopic (exact) mass is 330 g/mol. The molecule has 2 atom stereocenters. The van der Waals surface area contributed by atoms with Crippen molar-refractivity contribution in [1.82, 2.24) is 20.1 Å². The molecule has 1 aliphatic carbocycles. The molecular formula is C17H22N4OS. The number of amides is 1. The van der Waals surface area contributed by atoms with Gasteiger partial charge in [-0.1, -0.05) is 18.6 Å². The summed E-state index contributed by atoms with van der Waals surface area (Å²) >= 11 is 1.87. The maximum absolute atomic E-state index is 12.7. The summed E-state index contributed by atoms with van der Waals surface area (Å²) in [5.41, 5.74) is 1.63. The highest BCUT2D eigenvalue weighted by Crippen LogP contribution is 2.32. The van der Waals surface area contributed by atoms with E-state index in [1.165, 1.54) is 12.8 Å².